The molecule has 1 unspecified atom stereocenters. The molecule has 18 nitrogen and oxygen atoms in total. The normalized spacial score (nSPS) is 28.3. The number of halogens is 3. The molecule has 6 N–H and O–H groups in total. The van der Waals surface area contributed by atoms with Gasteiger partial charge in [-0.05, 0) is 69.1 Å². The Labute approximate surface area is 372 Å². The molecule has 3 amide bonds. The predicted molar refractivity (Wildman–Crippen MR) is 235 cm³/mol. The van der Waals surface area contributed by atoms with Gasteiger partial charge in [0, 0.05) is 71.3 Å². The molecule has 1 saturated carbocycles. The van der Waals surface area contributed by atoms with Crippen LogP contribution in [-0.2, 0) is 30.9 Å². The lowest BCUT2D eigenvalue weighted by molar-refractivity contribution is -0.135. The fraction of sp³-hybridized carbons (Fsp3) is 0.568. The lowest BCUT2D eigenvalue weighted by Crippen LogP contribution is -2.56. The minimum absolute atomic E-state index is 0.0428. The van der Waals surface area contributed by atoms with Crippen LogP contribution >= 0.6 is 0 Å². The Morgan fingerprint density at radius 2 is 1.89 bits per heavy atom. The average molecular weight is 905 g/mol. The number of amides is 3. The second kappa shape index (κ2) is 18.6. The van der Waals surface area contributed by atoms with Crippen LogP contribution in [0.1, 0.15) is 63.2 Å². The van der Waals surface area contributed by atoms with Gasteiger partial charge in [-0.25, -0.2) is 27.9 Å². The van der Waals surface area contributed by atoms with Crippen LogP contribution < -0.4 is 37.6 Å². The zero-order valence-corrected chi connectivity index (χ0v) is 36.2. The van der Waals surface area contributed by atoms with E-state index >= 15 is 4.39 Å². The maximum atomic E-state index is 15.6. The number of alkyl halides is 3. The number of rotatable bonds is 13. The van der Waals surface area contributed by atoms with Crippen molar-refractivity contribution in [2.24, 2.45) is 29.4 Å². The molecule has 7 heterocycles. The summed E-state index contributed by atoms with van der Waals surface area (Å²) in [6.07, 6.45) is 3.82. The van der Waals surface area contributed by atoms with E-state index < -0.39 is 42.3 Å². The first-order valence-corrected chi connectivity index (χ1v) is 22.4. The molecule has 3 aromatic rings. The van der Waals surface area contributed by atoms with Crippen molar-refractivity contribution in [3.8, 4) is 0 Å². The first-order valence-electron chi connectivity index (χ1n) is 22.4. The third kappa shape index (κ3) is 9.09. The number of nitrogens with two attached hydrogens (primary N) is 2. The van der Waals surface area contributed by atoms with Crippen LogP contribution in [0.25, 0.3) is 16.6 Å². The number of benzene rings is 1. The van der Waals surface area contributed by atoms with Gasteiger partial charge in [0.15, 0.2) is 5.82 Å². The quantitative estimate of drug-likeness (QED) is 0.110. The summed E-state index contributed by atoms with van der Waals surface area (Å²) in [6.45, 7) is 3.99. The van der Waals surface area contributed by atoms with Gasteiger partial charge < -0.3 is 36.1 Å². The molecular formula is C44H55F3N12O6. The number of allylic oxidation sites excluding steroid dienone is 2. The largest absolute Gasteiger partial charge is 0.404 e. The number of fused-ring (bicyclic) bond motifs is 3. The number of imide groups is 1. The van der Waals surface area contributed by atoms with Crippen LogP contribution in [0.5, 0.6) is 0 Å². The third-order valence-corrected chi connectivity index (χ3v) is 13.8. The van der Waals surface area contributed by atoms with Gasteiger partial charge >= 0.3 is 5.69 Å². The number of aryl methyl sites for hydroxylation is 1. The van der Waals surface area contributed by atoms with Crippen molar-refractivity contribution in [3.05, 3.63) is 64.4 Å². The van der Waals surface area contributed by atoms with Crippen LogP contribution in [0.3, 0.4) is 0 Å². The fourth-order valence-corrected chi connectivity index (χ4v) is 10.2. The fourth-order valence-electron chi connectivity index (χ4n) is 10.2. The smallest absolute Gasteiger partial charge is 0.329 e. The summed E-state index contributed by atoms with van der Waals surface area (Å²) in [7, 11) is 1.67. The summed E-state index contributed by atoms with van der Waals surface area (Å²) in [4.78, 5) is 70.9. The minimum atomic E-state index is -3.05. The molecule has 6 fully saturated rings. The number of carbonyl (C=O) groups is 3. The molecule has 348 valence electrons. The zero-order chi connectivity index (χ0) is 45.5. The van der Waals surface area contributed by atoms with Gasteiger partial charge in [-0.1, -0.05) is 6.07 Å². The van der Waals surface area contributed by atoms with Crippen LogP contribution in [0.15, 0.2) is 57.8 Å². The molecule has 5 atom stereocenters. The predicted octanol–water partition coefficient (Wildman–Crippen LogP) is 1.88. The van der Waals surface area contributed by atoms with Crippen molar-refractivity contribution >= 4 is 52.0 Å². The summed E-state index contributed by atoms with van der Waals surface area (Å²) >= 11 is 0. The van der Waals surface area contributed by atoms with Gasteiger partial charge in [0.05, 0.1) is 65.0 Å². The number of carbonyl (C=O) groups excluding carboxylic acids is 3. The molecule has 9 rings (SSSR count). The Morgan fingerprint density at radius 1 is 1.09 bits per heavy atom. The minimum Gasteiger partial charge on any atom is -0.404 e. The Morgan fingerprint density at radius 3 is 2.58 bits per heavy atom. The zero-order valence-electron chi connectivity index (χ0n) is 36.2. The number of aromatic nitrogens is 4. The van der Waals surface area contributed by atoms with Crippen LogP contribution in [0, 0.1) is 5.92 Å². The highest BCUT2D eigenvalue weighted by molar-refractivity contribution is 6.19. The van der Waals surface area contributed by atoms with Gasteiger partial charge in [0.2, 0.25) is 11.8 Å². The SMILES string of the molecule is Cn1c(=O)n(C2CCC(=O)NC2=O)c2cccc(N3CC(O[C@H]4CCN(CC5CCC(N=C/C(NC(=O)/C(=C/N)c6nccc(N7C[C@H]8C[C@@H]7CO8)n6)=C(\N)C(F)F)CC5)C[C@H]4F)C3)c21. The number of nitrogens with one attached hydrogen (secondary N) is 2. The van der Waals surface area contributed by atoms with Crippen LogP contribution in [-0.4, -0.2) is 137 Å². The summed E-state index contributed by atoms with van der Waals surface area (Å²) in [5.41, 5.74) is 12.1. The summed E-state index contributed by atoms with van der Waals surface area (Å²) in [5, 5.41) is 4.81. The van der Waals surface area contributed by atoms with Crippen molar-refractivity contribution in [2.75, 3.05) is 55.7 Å². The Kier molecular flexibility index (Phi) is 12.7. The number of nitrogens with zero attached hydrogens (tertiary/aromatic N) is 8. The standard InChI is InChI=1S/C44H55F3N12O6/c1-55-39-32(3-2-4-33(39)59(44(55)63)34-9-10-37(60)54-43(34)62)57-19-28(20-57)65-35-12-14-56(22-30(35)45)18-24-5-7-25(8-6-24)51-17-31(38(49)40(46)47)52-42(61)29(16-48)41-50-13-11-36(53-41)58-21-27-15-26(58)23-64-27/h2-4,11,13,16-17,24-28,30,34-35,40H,5-10,12,14-15,18-23,48-49H2,1H3,(H,52,61)(H,54,60,62)/b29-16+,38-31+,51-17?/t24?,25?,26-,27-,30-,34?,35+/m1/s1. The number of aliphatic imine (C=N–C) groups is 1. The van der Waals surface area contributed by atoms with E-state index in [1.54, 1.807) is 19.2 Å². The third-order valence-electron chi connectivity index (χ3n) is 13.8. The molecule has 1 aromatic carbocycles. The molecule has 65 heavy (non-hydrogen) atoms. The van der Waals surface area contributed by atoms with E-state index in [-0.39, 0.29) is 72.4 Å². The maximum absolute atomic E-state index is 15.6. The van der Waals surface area contributed by atoms with Gasteiger partial charge in [0.1, 0.15) is 23.7 Å². The monoisotopic (exact) mass is 904 g/mol. The second-order valence-corrected chi connectivity index (χ2v) is 18.0. The number of para-hydroxylation sites is 1. The average Bonchev–Trinajstić information content (AvgIpc) is 3.99. The van der Waals surface area contributed by atoms with Crippen molar-refractivity contribution in [3.63, 3.8) is 0 Å². The lowest BCUT2D eigenvalue weighted by atomic mass is 9.85. The van der Waals surface area contributed by atoms with Gasteiger partial charge in [-0.3, -0.25) is 38.7 Å². The second-order valence-electron chi connectivity index (χ2n) is 18.0. The van der Waals surface area contributed by atoms with Crippen LogP contribution in [0.2, 0.25) is 0 Å². The summed E-state index contributed by atoms with van der Waals surface area (Å²) in [6, 6.07) is 6.52. The molecule has 2 aromatic heterocycles. The molecule has 5 aliphatic heterocycles. The number of likely N-dealkylation sites (tertiary alicyclic amines) is 1. The Hall–Kier alpha value is -5.80. The van der Waals surface area contributed by atoms with E-state index in [1.807, 2.05) is 12.1 Å². The highest BCUT2D eigenvalue weighted by atomic mass is 19.3. The Balaban J connectivity index is 0.736. The first kappa shape index (κ1) is 44.4. The number of piperidine rings is 2. The first-order chi connectivity index (χ1) is 31.3. The highest BCUT2D eigenvalue weighted by Crippen LogP contribution is 2.35. The van der Waals surface area contributed by atoms with E-state index in [0.29, 0.717) is 74.8 Å². The number of ether oxygens (including phenoxy) is 2. The molecule has 0 radical (unpaired) electrons. The maximum Gasteiger partial charge on any atom is 0.329 e. The van der Waals surface area contributed by atoms with Crippen molar-refractivity contribution in [2.45, 2.75) is 100 Å². The van der Waals surface area contributed by atoms with Gasteiger partial charge in [0.25, 0.3) is 12.3 Å². The molecule has 21 heteroatoms. The van der Waals surface area contributed by atoms with E-state index in [2.05, 4.69) is 40.3 Å². The molecule has 2 bridgehead atoms. The topological polar surface area (TPSA) is 221 Å². The molecule has 0 spiro atoms. The number of morpholine rings is 1. The van der Waals surface area contributed by atoms with Crippen molar-refractivity contribution < 1.29 is 37.0 Å². The summed E-state index contributed by atoms with van der Waals surface area (Å²) in [5.74, 6) is -0.668. The van der Waals surface area contributed by atoms with E-state index in [1.165, 1.54) is 21.5 Å². The molecular weight excluding hydrogens is 850 g/mol. The van der Waals surface area contributed by atoms with E-state index in [9.17, 15) is 28.0 Å². The number of imidazole rings is 1. The number of hydrogen-bond donors (Lipinski definition) is 4. The van der Waals surface area contributed by atoms with Crippen molar-refractivity contribution in [1.82, 2.24) is 34.6 Å². The molecule has 5 saturated heterocycles. The van der Waals surface area contributed by atoms with E-state index in [4.69, 9.17) is 20.9 Å². The highest BCUT2D eigenvalue weighted by Gasteiger charge is 2.41. The molecule has 1 aliphatic carbocycles. The van der Waals surface area contributed by atoms with Crippen LogP contribution in [0.4, 0.5) is 24.7 Å². The van der Waals surface area contributed by atoms with Gasteiger partial charge in [-0.15, -0.1) is 0 Å². The molecule has 6 aliphatic rings. The number of anilines is 2. The van der Waals surface area contributed by atoms with Gasteiger partial charge in [-0.2, -0.15) is 0 Å². The Bertz CT molecular complexity index is 2460. The van der Waals surface area contributed by atoms with Crippen molar-refractivity contribution in [1.29, 1.82) is 0 Å². The lowest BCUT2D eigenvalue weighted by Gasteiger charge is -2.44. The van der Waals surface area contributed by atoms with E-state index in [0.717, 1.165) is 37.7 Å². The summed E-state index contributed by atoms with van der Waals surface area (Å²) < 4.78 is 58.4. The number of hydrogen-bond acceptors (Lipinski definition) is 14.